The lowest BCUT2D eigenvalue weighted by molar-refractivity contribution is 0.121. The Morgan fingerprint density at radius 3 is 2.52 bits per heavy atom. The number of amides is 1. The number of rotatable bonds is 2. The standard InChI is InChI=1S/C14H22N4O2S/c1-20-14(19)18-9-7-17(8-10-18)13-16-15-12(21-13)11-5-3-2-4-6-11/h11H,2-10H2,1H3. The van der Waals surface area contributed by atoms with Gasteiger partial charge in [-0.3, -0.25) is 0 Å². The highest BCUT2D eigenvalue weighted by Gasteiger charge is 2.25. The molecule has 0 bridgehead atoms. The Labute approximate surface area is 129 Å². The second-order valence-corrected chi connectivity index (χ2v) is 6.69. The first kappa shape index (κ1) is 14.6. The third kappa shape index (κ3) is 3.28. The number of piperazine rings is 1. The van der Waals surface area contributed by atoms with Crippen molar-refractivity contribution in [3.63, 3.8) is 0 Å². The van der Waals surface area contributed by atoms with E-state index in [-0.39, 0.29) is 6.09 Å². The molecule has 7 heteroatoms. The molecule has 2 aliphatic rings. The van der Waals surface area contributed by atoms with Gasteiger partial charge in [-0.15, -0.1) is 10.2 Å². The van der Waals surface area contributed by atoms with Crippen molar-refractivity contribution in [2.75, 3.05) is 38.2 Å². The molecule has 6 nitrogen and oxygen atoms in total. The predicted molar refractivity (Wildman–Crippen MR) is 81.9 cm³/mol. The highest BCUT2D eigenvalue weighted by atomic mass is 32.1. The van der Waals surface area contributed by atoms with Gasteiger partial charge in [-0.25, -0.2) is 4.79 Å². The van der Waals surface area contributed by atoms with Crippen molar-refractivity contribution >= 4 is 22.6 Å². The lowest BCUT2D eigenvalue weighted by atomic mass is 9.90. The van der Waals surface area contributed by atoms with Crippen LogP contribution >= 0.6 is 11.3 Å². The summed E-state index contributed by atoms with van der Waals surface area (Å²) in [5, 5.41) is 11.0. The molecule has 21 heavy (non-hydrogen) atoms. The second-order valence-electron chi connectivity index (χ2n) is 5.70. The Hall–Kier alpha value is -1.37. The molecule has 2 heterocycles. The highest BCUT2D eigenvalue weighted by molar-refractivity contribution is 7.15. The molecule has 0 unspecified atom stereocenters. The summed E-state index contributed by atoms with van der Waals surface area (Å²) >= 11 is 1.73. The van der Waals surface area contributed by atoms with Crippen LogP contribution in [0.3, 0.4) is 0 Å². The molecule has 0 atom stereocenters. The van der Waals surface area contributed by atoms with E-state index in [2.05, 4.69) is 15.1 Å². The molecular formula is C14H22N4O2S. The molecule has 0 N–H and O–H groups in total. The van der Waals surface area contributed by atoms with Gasteiger partial charge in [-0.1, -0.05) is 30.6 Å². The van der Waals surface area contributed by atoms with E-state index in [1.165, 1.54) is 44.2 Å². The Balaban J connectivity index is 1.58. The molecular weight excluding hydrogens is 288 g/mol. The van der Waals surface area contributed by atoms with Crippen LogP contribution in [0.2, 0.25) is 0 Å². The lowest BCUT2D eigenvalue weighted by Gasteiger charge is -2.33. The Kier molecular flexibility index (Phi) is 4.57. The lowest BCUT2D eigenvalue weighted by Crippen LogP contribution is -2.48. The van der Waals surface area contributed by atoms with Crippen molar-refractivity contribution in [2.45, 2.75) is 38.0 Å². The second kappa shape index (κ2) is 6.60. The van der Waals surface area contributed by atoms with Crippen LogP contribution in [-0.2, 0) is 4.74 Å². The van der Waals surface area contributed by atoms with Crippen LogP contribution in [0, 0.1) is 0 Å². The minimum atomic E-state index is -0.241. The monoisotopic (exact) mass is 310 g/mol. The van der Waals surface area contributed by atoms with E-state index in [4.69, 9.17) is 4.74 Å². The van der Waals surface area contributed by atoms with Crippen LogP contribution in [0.4, 0.5) is 9.93 Å². The first-order chi connectivity index (χ1) is 10.3. The van der Waals surface area contributed by atoms with E-state index in [1.54, 1.807) is 16.2 Å². The normalized spacial score (nSPS) is 20.6. The zero-order valence-corrected chi connectivity index (χ0v) is 13.3. The third-order valence-corrected chi connectivity index (χ3v) is 5.51. The molecule has 0 spiro atoms. The fourth-order valence-electron chi connectivity index (χ4n) is 3.08. The van der Waals surface area contributed by atoms with E-state index < -0.39 is 0 Å². The highest BCUT2D eigenvalue weighted by Crippen LogP contribution is 2.36. The average Bonchev–Trinajstić information content (AvgIpc) is 3.05. The molecule has 1 aromatic rings. The first-order valence-electron chi connectivity index (χ1n) is 7.69. The van der Waals surface area contributed by atoms with Crippen molar-refractivity contribution in [2.24, 2.45) is 0 Å². The minimum Gasteiger partial charge on any atom is -0.453 e. The zero-order chi connectivity index (χ0) is 14.7. The van der Waals surface area contributed by atoms with Crippen molar-refractivity contribution in [3.05, 3.63) is 5.01 Å². The third-order valence-electron chi connectivity index (χ3n) is 4.37. The van der Waals surface area contributed by atoms with Gasteiger partial charge < -0.3 is 14.5 Å². The van der Waals surface area contributed by atoms with E-state index in [0.29, 0.717) is 19.0 Å². The number of aromatic nitrogens is 2. The fraction of sp³-hybridized carbons (Fsp3) is 0.786. The number of hydrogen-bond donors (Lipinski definition) is 0. The summed E-state index contributed by atoms with van der Waals surface area (Å²) in [7, 11) is 1.43. The maximum atomic E-state index is 11.5. The Bertz CT molecular complexity index is 479. The quantitative estimate of drug-likeness (QED) is 0.840. The topological polar surface area (TPSA) is 58.6 Å². The summed E-state index contributed by atoms with van der Waals surface area (Å²) in [6, 6.07) is 0. The molecule has 1 aliphatic heterocycles. The number of methoxy groups -OCH3 is 1. The Morgan fingerprint density at radius 1 is 1.14 bits per heavy atom. The molecule has 1 saturated heterocycles. The van der Waals surface area contributed by atoms with Crippen LogP contribution in [0.25, 0.3) is 0 Å². The van der Waals surface area contributed by atoms with Gasteiger partial charge in [-0.05, 0) is 12.8 Å². The van der Waals surface area contributed by atoms with E-state index in [9.17, 15) is 4.79 Å². The van der Waals surface area contributed by atoms with Gasteiger partial charge in [0, 0.05) is 32.1 Å². The summed E-state index contributed by atoms with van der Waals surface area (Å²) in [6.45, 7) is 2.97. The average molecular weight is 310 g/mol. The largest absolute Gasteiger partial charge is 0.453 e. The maximum absolute atomic E-state index is 11.5. The molecule has 1 aromatic heterocycles. The molecule has 1 amide bonds. The maximum Gasteiger partial charge on any atom is 0.409 e. The van der Waals surface area contributed by atoms with Gasteiger partial charge in [0.05, 0.1) is 7.11 Å². The number of anilines is 1. The van der Waals surface area contributed by atoms with Gasteiger partial charge in [-0.2, -0.15) is 0 Å². The van der Waals surface area contributed by atoms with Gasteiger partial charge in [0.2, 0.25) is 5.13 Å². The van der Waals surface area contributed by atoms with Crippen molar-refractivity contribution < 1.29 is 9.53 Å². The van der Waals surface area contributed by atoms with E-state index >= 15 is 0 Å². The van der Waals surface area contributed by atoms with Crippen LogP contribution in [-0.4, -0.2) is 54.5 Å². The molecule has 3 rings (SSSR count). The Morgan fingerprint density at radius 2 is 1.86 bits per heavy atom. The van der Waals surface area contributed by atoms with Crippen molar-refractivity contribution in [1.82, 2.24) is 15.1 Å². The molecule has 0 radical (unpaired) electrons. The van der Waals surface area contributed by atoms with Gasteiger partial charge in [0.1, 0.15) is 5.01 Å². The SMILES string of the molecule is COC(=O)N1CCN(c2nnc(C3CCCCC3)s2)CC1. The number of carbonyl (C=O) groups is 1. The minimum absolute atomic E-state index is 0.241. The van der Waals surface area contributed by atoms with Gasteiger partial charge in [0.15, 0.2) is 0 Å². The summed E-state index contributed by atoms with van der Waals surface area (Å²) in [5.41, 5.74) is 0. The van der Waals surface area contributed by atoms with Gasteiger partial charge >= 0.3 is 6.09 Å². The zero-order valence-electron chi connectivity index (χ0n) is 12.5. The van der Waals surface area contributed by atoms with Crippen molar-refractivity contribution in [3.8, 4) is 0 Å². The summed E-state index contributed by atoms with van der Waals surface area (Å²) in [6.07, 6.45) is 6.26. The molecule has 1 saturated carbocycles. The summed E-state index contributed by atoms with van der Waals surface area (Å²) < 4.78 is 4.76. The van der Waals surface area contributed by atoms with Crippen LogP contribution in [0.5, 0.6) is 0 Å². The smallest absolute Gasteiger partial charge is 0.409 e. The first-order valence-corrected chi connectivity index (χ1v) is 8.51. The van der Waals surface area contributed by atoms with Crippen LogP contribution in [0.1, 0.15) is 43.0 Å². The summed E-state index contributed by atoms with van der Waals surface area (Å²) in [4.78, 5) is 15.4. The van der Waals surface area contributed by atoms with Crippen molar-refractivity contribution in [1.29, 1.82) is 0 Å². The molecule has 1 aliphatic carbocycles. The van der Waals surface area contributed by atoms with Gasteiger partial charge in [0.25, 0.3) is 0 Å². The van der Waals surface area contributed by atoms with E-state index in [1.807, 2.05) is 0 Å². The number of ether oxygens (including phenoxy) is 1. The van der Waals surface area contributed by atoms with E-state index in [0.717, 1.165) is 18.2 Å². The summed E-state index contributed by atoms with van der Waals surface area (Å²) in [5.74, 6) is 0.612. The molecule has 116 valence electrons. The van der Waals surface area contributed by atoms with Crippen LogP contribution in [0.15, 0.2) is 0 Å². The number of carbonyl (C=O) groups excluding carboxylic acids is 1. The molecule has 2 fully saturated rings. The number of nitrogens with zero attached hydrogens (tertiary/aromatic N) is 4. The fourth-order valence-corrected chi connectivity index (χ4v) is 4.14. The molecule has 0 aromatic carbocycles. The number of hydrogen-bond acceptors (Lipinski definition) is 6. The predicted octanol–water partition coefficient (Wildman–Crippen LogP) is 2.47. The van der Waals surface area contributed by atoms with Crippen LogP contribution < -0.4 is 4.90 Å².